The van der Waals surface area contributed by atoms with Gasteiger partial charge in [-0.2, -0.15) is 0 Å². The summed E-state index contributed by atoms with van der Waals surface area (Å²) in [4.78, 5) is 32.9. The van der Waals surface area contributed by atoms with Gasteiger partial charge in [0, 0.05) is 17.7 Å². The standard InChI is InChI=1S/C17H15N5O2/c23-11-7-3-6-10-12(11)13(14-16(20-10)21-22-17(14)24)15-18-8-4-1-2-5-9(8)19-15/h1-2,4-5,13H,3,6-7H2,(H,18,19)(H3,20,21,22,24)/t13-/m1/s1. The third-order valence-corrected chi connectivity index (χ3v) is 4.81. The zero-order chi connectivity index (χ0) is 16.3. The van der Waals surface area contributed by atoms with Gasteiger partial charge in [-0.3, -0.25) is 19.8 Å². The Labute approximate surface area is 136 Å². The summed E-state index contributed by atoms with van der Waals surface area (Å²) < 4.78 is 0. The van der Waals surface area contributed by atoms with E-state index in [9.17, 15) is 9.59 Å². The molecular formula is C17H15N5O2. The maximum atomic E-state index is 12.6. The number of carbonyl (C=O) groups is 1. The number of aromatic amines is 3. The number of hydrogen-bond acceptors (Lipinski definition) is 4. The highest BCUT2D eigenvalue weighted by Crippen LogP contribution is 2.42. The van der Waals surface area contributed by atoms with E-state index in [1.54, 1.807) is 0 Å². The first-order valence-corrected chi connectivity index (χ1v) is 8.01. The first kappa shape index (κ1) is 13.4. The van der Waals surface area contributed by atoms with Crippen LogP contribution in [0.4, 0.5) is 5.82 Å². The van der Waals surface area contributed by atoms with Gasteiger partial charge in [-0.15, -0.1) is 0 Å². The highest BCUT2D eigenvalue weighted by atomic mass is 16.1. The van der Waals surface area contributed by atoms with Crippen molar-refractivity contribution < 1.29 is 4.79 Å². The maximum Gasteiger partial charge on any atom is 0.270 e. The van der Waals surface area contributed by atoms with Gasteiger partial charge < -0.3 is 10.3 Å². The molecule has 4 N–H and O–H groups in total. The molecule has 0 saturated carbocycles. The highest BCUT2D eigenvalue weighted by Gasteiger charge is 2.39. The number of aromatic nitrogens is 4. The van der Waals surface area contributed by atoms with Crippen molar-refractivity contribution in [3.63, 3.8) is 0 Å². The molecular weight excluding hydrogens is 306 g/mol. The van der Waals surface area contributed by atoms with Gasteiger partial charge in [0.1, 0.15) is 11.6 Å². The predicted octanol–water partition coefficient (Wildman–Crippen LogP) is 2.14. The first-order valence-electron chi connectivity index (χ1n) is 8.01. The minimum atomic E-state index is -0.466. The Hall–Kier alpha value is -3.09. The molecule has 3 heterocycles. The molecule has 1 aliphatic carbocycles. The second-order valence-corrected chi connectivity index (χ2v) is 6.23. The highest BCUT2D eigenvalue weighted by molar-refractivity contribution is 6.00. The molecule has 3 aromatic rings. The molecule has 2 aliphatic rings. The summed E-state index contributed by atoms with van der Waals surface area (Å²) in [7, 11) is 0. The number of Topliss-reactive ketones (excluding diaryl/α,β-unsaturated/α-hetero) is 1. The molecule has 120 valence electrons. The zero-order valence-electron chi connectivity index (χ0n) is 12.8. The molecule has 0 amide bonds. The predicted molar refractivity (Wildman–Crippen MR) is 88.9 cm³/mol. The van der Waals surface area contributed by atoms with Crippen LogP contribution in [0.1, 0.15) is 36.6 Å². The van der Waals surface area contributed by atoms with Crippen molar-refractivity contribution >= 4 is 22.6 Å². The van der Waals surface area contributed by atoms with E-state index < -0.39 is 5.92 Å². The summed E-state index contributed by atoms with van der Waals surface area (Å²) >= 11 is 0. The number of nitrogens with zero attached hydrogens (tertiary/aromatic N) is 1. The van der Waals surface area contributed by atoms with Crippen molar-refractivity contribution in [2.24, 2.45) is 0 Å². The number of anilines is 1. The maximum absolute atomic E-state index is 12.6. The van der Waals surface area contributed by atoms with Crippen LogP contribution in [0.5, 0.6) is 0 Å². The van der Waals surface area contributed by atoms with Crippen LogP contribution in [0.3, 0.4) is 0 Å². The molecule has 0 radical (unpaired) electrons. The molecule has 5 rings (SSSR count). The van der Waals surface area contributed by atoms with E-state index in [2.05, 4.69) is 25.5 Å². The number of H-pyrrole nitrogens is 3. The number of carbonyl (C=O) groups excluding carboxylic acids is 1. The summed E-state index contributed by atoms with van der Waals surface area (Å²) in [6.07, 6.45) is 2.13. The molecule has 24 heavy (non-hydrogen) atoms. The average Bonchev–Trinajstić information content (AvgIpc) is 3.17. The molecule has 0 spiro atoms. The number of para-hydroxylation sites is 2. The number of rotatable bonds is 1. The van der Waals surface area contributed by atoms with Gasteiger partial charge in [0.2, 0.25) is 0 Å². The summed E-state index contributed by atoms with van der Waals surface area (Å²) in [5.41, 5.74) is 3.56. The number of fused-ring (bicyclic) bond motifs is 2. The topological polar surface area (TPSA) is 106 Å². The number of benzene rings is 1. The van der Waals surface area contributed by atoms with E-state index in [4.69, 9.17) is 0 Å². The molecule has 1 aromatic carbocycles. The van der Waals surface area contributed by atoms with Crippen molar-refractivity contribution in [2.45, 2.75) is 25.2 Å². The van der Waals surface area contributed by atoms with Crippen LogP contribution < -0.4 is 10.9 Å². The van der Waals surface area contributed by atoms with E-state index in [-0.39, 0.29) is 11.3 Å². The molecule has 0 unspecified atom stereocenters. The molecule has 0 saturated heterocycles. The first-order chi connectivity index (χ1) is 11.7. The van der Waals surface area contributed by atoms with Crippen LogP contribution in [0.15, 0.2) is 40.3 Å². The lowest BCUT2D eigenvalue weighted by atomic mass is 9.80. The monoisotopic (exact) mass is 321 g/mol. The van der Waals surface area contributed by atoms with Crippen molar-refractivity contribution in [3.8, 4) is 0 Å². The molecule has 0 fully saturated rings. The SMILES string of the molecule is O=C1CCCC2=C1[C@@H](c1nc3ccccc3[nH]1)c1c([nH][nH]c1=O)N2. The molecule has 1 atom stereocenters. The third kappa shape index (κ3) is 1.75. The molecule has 7 nitrogen and oxygen atoms in total. The number of imidazole rings is 1. The van der Waals surface area contributed by atoms with Gasteiger partial charge >= 0.3 is 0 Å². The van der Waals surface area contributed by atoms with E-state index in [0.717, 1.165) is 29.6 Å². The van der Waals surface area contributed by atoms with Gasteiger partial charge in [-0.05, 0) is 25.0 Å². The fourth-order valence-electron chi connectivity index (χ4n) is 3.75. The Morgan fingerprint density at radius 1 is 1.08 bits per heavy atom. The Bertz CT molecular complexity index is 1040. The van der Waals surface area contributed by atoms with Crippen LogP contribution in [0.2, 0.25) is 0 Å². The van der Waals surface area contributed by atoms with Gasteiger partial charge in [0.15, 0.2) is 5.78 Å². The second-order valence-electron chi connectivity index (χ2n) is 6.23. The quantitative estimate of drug-likeness (QED) is 0.551. The lowest BCUT2D eigenvalue weighted by Crippen LogP contribution is -2.29. The van der Waals surface area contributed by atoms with Crippen LogP contribution in [0.25, 0.3) is 11.0 Å². The summed E-state index contributed by atoms with van der Waals surface area (Å²) in [5.74, 6) is 0.873. The number of ketones is 1. The summed E-state index contributed by atoms with van der Waals surface area (Å²) in [6, 6.07) is 7.70. The number of hydrogen-bond donors (Lipinski definition) is 4. The van der Waals surface area contributed by atoms with Crippen LogP contribution >= 0.6 is 0 Å². The normalized spacial score (nSPS) is 20.0. The van der Waals surface area contributed by atoms with Crippen LogP contribution in [-0.4, -0.2) is 25.9 Å². The number of allylic oxidation sites excluding steroid dienone is 2. The lowest BCUT2D eigenvalue weighted by molar-refractivity contribution is -0.116. The Balaban J connectivity index is 1.79. The third-order valence-electron chi connectivity index (χ3n) is 4.81. The fraction of sp³-hybridized carbons (Fsp3) is 0.235. The smallest absolute Gasteiger partial charge is 0.270 e. The zero-order valence-corrected chi connectivity index (χ0v) is 12.8. The van der Waals surface area contributed by atoms with Gasteiger partial charge in [0.25, 0.3) is 5.56 Å². The Morgan fingerprint density at radius 2 is 1.96 bits per heavy atom. The van der Waals surface area contributed by atoms with Crippen molar-refractivity contribution in [1.82, 2.24) is 20.2 Å². The molecule has 1 aliphatic heterocycles. The minimum absolute atomic E-state index is 0.0838. The average molecular weight is 321 g/mol. The summed E-state index contributed by atoms with van der Waals surface area (Å²) in [6.45, 7) is 0. The van der Waals surface area contributed by atoms with E-state index >= 15 is 0 Å². The van der Waals surface area contributed by atoms with E-state index in [0.29, 0.717) is 29.2 Å². The van der Waals surface area contributed by atoms with Gasteiger partial charge in [-0.1, -0.05) is 12.1 Å². The van der Waals surface area contributed by atoms with E-state index in [1.807, 2.05) is 24.3 Å². The summed E-state index contributed by atoms with van der Waals surface area (Å²) in [5, 5.41) is 8.70. The molecule has 0 bridgehead atoms. The Morgan fingerprint density at radius 3 is 2.83 bits per heavy atom. The fourth-order valence-corrected chi connectivity index (χ4v) is 3.75. The largest absolute Gasteiger partial charge is 0.343 e. The molecule has 2 aromatic heterocycles. The van der Waals surface area contributed by atoms with Crippen molar-refractivity contribution in [2.75, 3.05) is 5.32 Å². The van der Waals surface area contributed by atoms with Crippen molar-refractivity contribution in [1.29, 1.82) is 0 Å². The molecule has 7 heteroatoms. The van der Waals surface area contributed by atoms with E-state index in [1.165, 1.54) is 0 Å². The number of nitrogens with one attached hydrogen (secondary N) is 4. The van der Waals surface area contributed by atoms with Crippen LogP contribution in [-0.2, 0) is 4.79 Å². The minimum Gasteiger partial charge on any atom is -0.343 e. The second kappa shape index (κ2) is 4.70. The van der Waals surface area contributed by atoms with Crippen LogP contribution in [0, 0.1) is 0 Å². The lowest BCUT2D eigenvalue weighted by Gasteiger charge is -2.29. The Kier molecular flexibility index (Phi) is 2.62. The van der Waals surface area contributed by atoms with Gasteiger partial charge in [0.05, 0.1) is 22.5 Å². The van der Waals surface area contributed by atoms with Crippen molar-refractivity contribution in [3.05, 3.63) is 57.3 Å². The van der Waals surface area contributed by atoms with Gasteiger partial charge in [-0.25, -0.2) is 4.98 Å².